The van der Waals surface area contributed by atoms with E-state index in [1.54, 1.807) is 0 Å². The SMILES string of the molecule is Cc1cc(Br)nc2c1ccc1ccccc12. The summed E-state index contributed by atoms with van der Waals surface area (Å²) in [5.41, 5.74) is 2.33. The standard InChI is InChI=1S/C14H10BrN/c1-9-8-13(15)16-14-11(9)7-6-10-4-2-3-5-12(10)14/h2-8H,1H3. The normalized spacial score (nSPS) is 11.1. The molecule has 0 N–H and O–H groups in total. The van der Waals surface area contributed by atoms with E-state index in [1.807, 2.05) is 0 Å². The fourth-order valence-electron chi connectivity index (χ4n) is 2.09. The number of rotatable bonds is 0. The van der Waals surface area contributed by atoms with Gasteiger partial charge >= 0.3 is 0 Å². The predicted octanol–water partition coefficient (Wildman–Crippen LogP) is 4.46. The van der Waals surface area contributed by atoms with Crippen LogP contribution in [0.4, 0.5) is 0 Å². The zero-order valence-electron chi connectivity index (χ0n) is 8.87. The molecule has 3 aromatic rings. The van der Waals surface area contributed by atoms with E-state index < -0.39 is 0 Å². The monoisotopic (exact) mass is 271 g/mol. The van der Waals surface area contributed by atoms with Gasteiger partial charge < -0.3 is 0 Å². The van der Waals surface area contributed by atoms with Crippen molar-refractivity contribution in [1.82, 2.24) is 4.98 Å². The van der Waals surface area contributed by atoms with Crippen molar-refractivity contribution in [3.63, 3.8) is 0 Å². The van der Waals surface area contributed by atoms with E-state index >= 15 is 0 Å². The fraction of sp³-hybridized carbons (Fsp3) is 0.0714. The number of aromatic nitrogens is 1. The highest BCUT2D eigenvalue weighted by atomic mass is 79.9. The second-order valence-electron chi connectivity index (χ2n) is 3.94. The van der Waals surface area contributed by atoms with Gasteiger partial charge in [-0.15, -0.1) is 0 Å². The fourth-order valence-corrected chi connectivity index (χ4v) is 2.61. The van der Waals surface area contributed by atoms with Gasteiger partial charge in [-0.05, 0) is 39.9 Å². The number of benzene rings is 2. The molecule has 0 fully saturated rings. The van der Waals surface area contributed by atoms with Crippen LogP contribution in [-0.2, 0) is 0 Å². The van der Waals surface area contributed by atoms with E-state index in [2.05, 4.69) is 70.3 Å². The lowest BCUT2D eigenvalue weighted by molar-refractivity contribution is 1.33. The first kappa shape index (κ1) is 9.79. The van der Waals surface area contributed by atoms with Gasteiger partial charge in [-0.1, -0.05) is 36.4 Å². The minimum Gasteiger partial charge on any atom is -0.240 e. The Morgan fingerprint density at radius 2 is 1.81 bits per heavy atom. The van der Waals surface area contributed by atoms with Gasteiger partial charge in [0.1, 0.15) is 4.60 Å². The number of pyridine rings is 1. The lowest BCUT2D eigenvalue weighted by Crippen LogP contribution is -1.86. The van der Waals surface area contributed by atoms with Crippen LogP contribution in [0.3, 0.4) is 0 Å². The van der Waals surface area contributed by atoms with Crippen LogP contribution in [0.25, 0.3) is 21.7 Å². The molecule has 0 radical (unpaired) electrons. The first-order valence-electron chi connectivity index (χ1n) is 5.20. The summed E-state index contributed by atoms with van der Waals surface area (Å²) in [6.07, 6.45) is 0. The van der Waals surface area contributed by atoms with Crippen LogP contribution in [0.1, 0.15) is 5.56 Å². The number of halogens is 1. The molecule has 78 valence electrons. The first-order chi connectivity index (χ1) is 7.75. The molecule has 0 saturated heterocycles. The maximum absolute atomic E-state index is 4.58. The van der Waals surface area contributed by atoms with Crippen molar-refractivity contribution in [2.75, 3.05) is 0 Å². The Bertz CT molecular complexity index is 689. The highest BCUT2D eigenvalue weighted by Gasteiger charge is 2.04. The summed E-state index contributed by atoms with van der Waals surface area (Å²) in [5, 5.41) is 3.67. The first-order valence-corrected chi connectivity index (χ1v) is 5.99. The third kappa shape index (κ3) is 1.41. The van der Waals surface area contributed by atoms with Gasteiger partial charge in [-0.25, -0.2) is 4.98 Å². The molecule has 2 heteroatoms. The lowest BCUT2D eigenvalue weighted by atomic mass is 10.0. The summed E-state index contributed by atoms with van der Waals surface area (Å²) >= 11 is 3.46. The molecule has 0 amide bonds. The smallest absolute Gasteiger partial charge is 0.107 e. The molecule has 0 spiro atoms. The zero-order valence-corrected chi connectivity index (χ0v) is 10.5. The van der Waals surface area contributed by atoms with Crippen molar-refractivity contribution in [3.8, 4) is 0 Å². The molecule has 16 heavy (non-hydrogen) atoms. The molecule has 1 heterocycles. The number of aryl methyl sites for hydroxylation is 1. The van der Waals surface area contributed by atoms with Gasteiger partial charge in [-0.3, -0.25) is 0 Å². The Morgan fingerprint density at radius 1 is 1.00 bits per heavy atom. The molecule has 1 nitrogen and oxygen atoms in total. The second-order valence-corrected chi connectivity index (χ2v) is 4.76. The van der Waals surface area contributed by atoms with E-state index in [0.29, 0.717) is 0 Å². The van der Waals surface area contributed by atoms with Crippen molar-refractivity contribution in [2.45, 2.75) is 6.92 Å². The molecule has 0 aliphatic carbocycles. The van der Waals surface area contributed by atoms with E-state index in [9.17, 15) is 0 Å². The Kier molecular flexibility index (Phi) is 2.18. The van der Waals surface area contributed by atoms with Crippen molar-refractivity contribution in [1.29, 1.82) is 0 Å². The minimum atomic E-state index is 0.897. The van der Waals surface area contributed by atoms with Crippen molar-refractivity contribution >= 4 is 37.6 Å². The molecule has 0 bridgehead atoms. The van der Waals surface area contributed by atoms with Gasteiger partial charge in [0.25, 0.3) is 0 Å². The largest absolute Gasteiger partial charge is 0.240 e. The molecule has 0 aliphatic heterocycles. The van der Waals surface area contributed by atoms with Gasteiger partial charge in [0.15, 0.2) is 0 Å². The van der Waals surface area contributed by atoms with Crippen LogP contribution in [0.15, 0.2) is 47.1 Å². The molecule has 0 unspecified atom stereocenters. The summed E-state index contributed by atoms with van der Waals surface area (Å²) in [6, 6.07) is 14.7. The number of nitrogens with zero attached hydrogens (tertiary/aromatic N) is 1. The summed E-state index contributed by atoms with van der Waals surface area (Å²) < 4.78 is 0.897. The topological polar surface area (TPSA) is 12.9 Å². The highest BCUT2D eigenvalue weighted by molar-refractivity contribution is 9.10. The molecule has 1 aromatic heterocycles. The van der Waals surface area contributed by atoms with Crippen LogP contribution in [0.5, 0.6) is 0 Å². The van der Waals surface area contributed by atoms with Crippen LogP contribution in [0, 0.1) is 6.92 Å². The third-order valence-electron chi connectivity index (χ3n) is 2.88. The number of hydrogen-bond acceptors (Lipinski definition) is 1. The minimum absolute atomic E-state index is 0.897. The Balaban J connectivity index is 2.59. The molecular formula is C14H10BrN. The molecule has 2 aromatic carbocycles. The maximum Gasteiger partial charge on any atom is 0.107 e. The van der Waals surface area contributed by atoms with Crippen molar-refractivity contribution in [3.05, 3.63) is 52.6 Å². The highest BCUT2D eigenvalue weighted by Crippen LogP contribution is 2.27. The molecule has 0 atom stereocenters. The molecule has 3 rings (SSSR count). The Labute approximate surface area is 102 Å². The summed E-state index contributed by atoms with van der Waals surface area (Å²) in [4.78, 5) is 4.58. The third-order valence-corrected chi connectivity index (χ3v) is 3.29. The number of hydrogen-bond donors (Lipinski definition) is 0. The van der Waals surface area contributed by atoms with E-state index in [-0.39, 0.29) is 0 Å². The van der Waals surface area contributed by atoms with E-state index in [0.717, 1.165) is 10.1 Å². The average molecular weight is 272 g/mol. The molecular weight excluding hydrogens is 262 g/mol. The van der Waals surface area contributed by atoms with Crippen LogP contribution in [-0.4, -0.2) is 4.98 Å². The van der Waals surface area contributed by atoms with Crippen LogP contribution in [0.2, 0.25) is 0 Å². The second kappa shape index (κ2) is 3.56. The summed E-state index contributed by atoms with van der Waals surface area (Å²) in [5.74, 6) is 0. The van der Waals surface area contributed by atoms with E-state index in [1.165, 1.54) is 21.7 Å². The summed E-state index contributed by atoms with van der Waals surface area (Å²) in [7, 11) is 0. The summed E-state index contributed by atoms with van der Waals surface area (Å²) in [6.45, 7) is 2.11. The molecule has 0 aliphatic rings. The Morgan fingerprint density at radius 3 is 2.69 bits per heavy atom. The quantitative estimate of drug-likeness (QED) is 0.435. The van der Waals surface area contributed by atoms with Crippen molar-refractivity contribution in [2.24, 2.45) is 0 Å². The predicted molar refractivity (Wildman–Crippen MR) is 71.7 cm³/mol. The van der Waals surface area contributed by atoms with Crippen molar-refractivity contribution < 1.29 is 0 Å². The van der Waals surface area contributed by atoms with Crippen LogP contribution < -0.4 is 0 Å². The molecule has 0 saturated carbocycles. The lowest BCUT2D eigenvalue weighted by Gasteiger charge is -2.06. The van der Waals surface area contributed by atoms with E-state index in [4.69, 9.17) is 0 Å². The van der Waals surface area contributed by atoms with Gasteiger partial charge in [0, 0.05) is 10.8 Å². The van der Waals surface area contributed by atoms with Gasteiger partial charge in [0.2, 0.25) is 0 Å². The maximum atomic E-state index is 4.58. The zero-order chi connectivity index (χ0) is 11.1. The average Bonchev–Trinajstić information content (AvgIpc) is 2.28. The van der Waals surface area contributed by atoms with Gasteiger partial charge in [0.05, 0.1) is 5.52 Å². The number of fused-ring (bicyclic) bond motifs is 3. The van der Waals surface area contributed by atoms with Crippen LogP contribution >= 0.6 is 15.9 Å². The van der Waals surface area contributed by atoms with Gasteiger partial charge in [-0.2, -0.15) is 0 Å². The Hall–Kier alpha value is -1.41.